The predicted molar refractivity (Wildman–Crippen MR) is 333 cm³/mol. The molecule has 0 N–H and O–H groups in total. The van der Waals surface area contributed by atoms with Crippen LogP contribution >= 0.6 is 0 Å². The average Bonchev–Trinajstić information content (AvgIpc) is 3.52. The molecule has 0 heterocycles. The first-order valence-electron chi connectivity index (χ1n) is 21.2. The molecule has 0 saturated carbocycles. The molecule has 0 aromatic carbocycles. The van der Waals surface area contributed by atoms with Crippen molar-refractivity contribution in [3.8, 4) is 497 Å². The lowest BCUT2D eigenvalue weighted by atomic mass is 10.4. The van der Waals surface area contributed by atoms with Gasteiger partial charge in [0.2, 0.25) is 0 Å². The summed E-state index contributed by atoms with van der Waals surface area (Å²) in [6.45, 7) is 0. The first-order valence-corrected chi connectivity index (χ1v) is 21.2. The zero-order chi connectivity index (χ0) is 61.4. The Kier molecular flexibility index (Phi) is 51.5. The van der Waals surface area contributed by atoms with Gasteiger partial charge in [0, 0.05) is 367 Å². The lowest BCUT2D eigenvalue weighted by Crippen LogP contribution is -1.57. The summed E-state index contributed by atoms with van der Waals surface area (Å²) >= 11 is 0. The van der Waals surface area contributed by atoms with Crippen LogP contribution in [0, 0.1) is 510 Å². The van der Waals surface area contributed by atoms with Crippen LogP contribution in [-0.4, -0.2) is 0 Å². The van der Waals surface area contributed by atoms with Gasteiger partial charge in [-0.15, -0.1) is 11.8 Å². The highest BCUT2D eigenvalue weighted by Gasteiger charge is 1.65. The van der Waals surface area contributed by atoms with Crippen molar-refractivity contribution in [2.45, 2.75) is 0 Å². The fraction of sp³-hybridized carbons (Fsp3) is 0. The maximum absolute atomic E-state index is 6.58. The summed E-state index contributed by atoms with van der Waals surface area (Å²) in [4.78, 5) is 0. The Balaban J connectivity index is 4.62. The smallest absolute Gasteiger partial charge is 0 e. The van der Waals surface area contributed by atoms with E-state index < -0.39 is 0 Å². The Morgan fingerprint density at radius 1 is 0.0581 bits per heavy atom. The molecular formula is C86-2. The molecule has 0 heteroatoms. The Bertz CT molecular complexity index is 5550. The molecule has 0 radical (unpaired) electrons. The van der Waals surface area contributed by atoms with E-state index in [9.17, 15) is 0 Å². The highest BCUT2D eigenvalue weighted by atomic mass is 13.7. The van der Waals surface area contributed by atoms with E-state index in [1.54, 1.807) is 0 Å². The fourth-order valence-electron chi connectivity index (χ4n) is 2.56. The lowest BCUT2D eigenvalue weighted by Gasteiger charge is -1.63. The third kappa shape index (κ3) is 65.1. The standard InChI is InChI=1S/C86/c1-3-5-7-9-11-13-15-17-19-21-23-25-27-29-31-33-35-37-39-41-43-45-47-49-51-53-55-57-59-61-63-65-67-69-71-73-75-77-79-81-83-85-86-84-82-80-78-76-74-72-70-68-66-64-62-60-58-56-54-52-50-48-46-44-42-40-38-36-34-32-30-28-26-24-22-20-18-16-14-12-10-8-6-4-2/q-2. The van der Waals surface area contributed by atoms with Crippen molar-refractivity contribution in [1.29, 1.82) is 0 Å². The second-order valence-electron chi connectivity index (χ2n) is 10.5. The van der Waals surface area contributed by atoms with Gasteiger partial charge < -0.3 is 12.8 Å². The van der Waals surface area contributed by atoms with Gasteiger partial charge in [0.05, 0.1) is 0 Å². The van der Waals surface area contributed by atoms with E-state index in [0.717, 1.165) is 0 Å². The third-order valence-electron chi connectivity index (χ3n) is 5.19. The Hall–Kier alpha value is -18.9. The maximum atomic E-state index is 6.58. The highest BCUT2D eigenvalue weighted by Crippen LogP contribution is 1.66. The molecule has 0 rings (SSSR count). The topological polar surface area (TPSA) is 0 Å². The average molecular weight is 1030 g/mol. The summed E-state index contributed by atoms with van der Waals surface area (Å²) in [5, 5.41) is 0. The molecule has 0 aromatic heterocycles. The molecule has 0 aromatic rings. The van der Waals surface area contributed by atoms with Crippen LogP contribution in [0.1, 0.15) is 0 Å². The monoisotopic (exact) mass is 1030 g/mol. The molecule has 0 bridgehead atoms. The molecule has 0 aliphatic heterocycles. The molecule has 0 spiro atoms. The van der Waals surface area contributed by atoms with Gasteiger partial charge in [-0.1, -0.05) is 0 Å². The van der Waals surface area contributed by atoms with Crippen molar-refractivity contribution in [3.05, 3.63) is 12.8 Å². The van der Waals surface area contributed by atoms with Crippen LogP contribution in [0.25, 0.3) is 0 Å². The molecule has 0 saturated heterocycles. The number of rotatable bonds is 0. The summed E-state index contributed by atoms with van der Waals surface area (Å²) in [7, 11) is 0. The molecule has 0 aliphatic carbocycles. The fourth-order valence-corrected chi connectivity index (χ4v) is 2.56. The van der Waals surface area contributed by atoms with E-state index >= 15 is 0 Å². The van der Waals surface area contributed by atoms with E-state index in [-0.39, 0.29) is 0 Å². The van der Waals surface area contributed by atoms with Crippen LogP contribution < -0.4 is 0 Å². The van der Waals surface area contributed by atoms with Gasteiger partial charge in [-0.25, -0.2) is 11.8 Å². The second kappa shape index (κ2) is 66.1. The zero-order valence-electron chi connectivity index (χ0n) is 43.0. The van der Waals surface area contributed by atoms with Crippen molar-refractivity contribution in [2.75, 3.05) is 0 Å². The second-order valence-corrected chi connectivity index (χ2v) is 10.5. The minimum atomic E-state index is 1.87. The summed E-state index contributed by atoms with van der Waals surface area (Å²) in [5.74, 6) is 207. The van der Waals surface area contributed by atoms with Crippen LogP contribution in [-0.2, 0) is 0 Å². The Morgan fingerprint density at radius 2 is 0.0930 bits per heavy atom. The maximum Gasteiger partial charge on any atom is 0 e. The Morgan fingerprint density at radius 3 is 0.128 bits per heavy atom. The molecule has 0 atom stereocenters. The molecule has 86 heavy (non-hydrogen) atoms. The summed E-state index contributed by atoms with van der Waals surface area (Å²) in [6, 6.07) is 0. The van der Waals surface area contributed by atoms with Gasteiger partial charge in [0.25, 0.3) is 0 Å². The first-order chi connectivity index (χ1) is 42.9. The van der Waals surface area contributed by atoms with E-state index in [1.165, 1.54) is 0 Å². The largest absolute Gasteiger partial charge is 0.358 e. The highest BCUT2D eigenvalue weighted by molar-refractivity contribution is 5.54. The van der Waals surface area contributed by atoms with Gasteiger partial charge >= 0.3 is 0 Å². The van der Waals surface area contributed by atoms with Gasteiger partial charge in [-0.3, -0.25) is 11.8 Å². The molecule has 346 valence electrons. The minimum absolute atomic E-state index is 1.87. The summed E-state index contributed by atoms with van der Waals surface area (Å²) in [5.41, 5.74) is 0. The van der Waals surface area contributed by atoms with Crippen molar-refractivity contribution in [1.82, 2.24) is 0 Å². The van der Waals surface area contributed by atoms with Crippen molar-refractivity contribution in [3.63, 3.8) is 0 Å². The van der Waals surface area contributed by atoms with Crippen molar-refractivity contribution >= 4 is 0 Å². The van der Waals surface area contributed by atoms with Crippen molar-refractivity contribution < 1.29 is 0 Å². The van der Waals surface area contributed by atoms with Crippen LogP contribution in [0.4, 0.5) is 0 Å². The van der Waals surface area contributed by atoms with E-state index in [4.69, 9.17) is 12.8 Å². The van der Waals surface area contributed by atoms with Gasteiger partial charge in [0.1, 0.15) is 0 Å². The van der Waals surface area contributed by atoms with E-state index in [0.29, 0.717) is 0 Å². The molecular weight excluding hydrogens is 1030 g/mol. The van der Waals surface area contributed by atoms with Gasteiger partial charge in [-0.05, 0) is 94.7 Å². The van der Waals surface area contributed by atoms with Gasteiger partial charge in [-0.2, -0.15) is 0 Å². The summed E-state index contributed by atoms with van der Waals surface area (Å²) in [6.07, 6.45) is 13.2. The van der Waals surface area contributed by atoms with Crippen LogP contribution in [0.5, 0.6) is 0 Å². The SMILES string of the molecule is [C-]#CC#CC#CC#CC#CC#CC#CC#CC#CC#CC#CC#CC#CC#CC#CC#CC#CC#CC#CC#CC#CC#CC#CC#CC#CC#CC#CC#CC#CC#CC#CC#CC#CC#CC#CC#CC#CC#CC#CC#CC#CC#CC#[C-]. The molecule has 0 unspecified atom stereocenters. The van der Waals surface area contributed by atoms with Gasteiger partial charge in [0.15, 0.2) is 0 Å². The van der Waals surface area contributed by atoms with Crippen molar-refractivity contribution in [2.24, 2.45) is 0 Å². The minimum Gasteiger partial charge on any atom is -0.358 e. The van der Waals surface area contributed by atoms with E-state index in [2.05, 4.69) is 485 Å². The summed E-state index contributed by atoms with van der Waals surface area (Å²) < 4.78 is 0. The predicted octanol–water partition coefficient (Wildman–Crippen LogP) is 0.305. The molecule has 0 amide bonds. The van der Waals surface area contributed by atoms with Crippen LogP contribution in [0.2, 0.25) is 0 Å². The first kappa shape index (κ1) is 67.1. The molecule has 0 nitrogen and oxygen atoms in total. The normalized spacial score (nSPS) is 3.93. The van der Waals surface area contributed by atoms with Crippen LogP contribution in [0.15, 0.2) is 0 Å². The lowest BCUT2D eigenvalue weighted by molar-refractivity contribution is 2.31. The third-order valence-corrected chi connectivity index (χ3v) is 5.19. The van der Waals surface area contributed by atoms with E-state index in [1.807, 2.05) is 11.8 Å². The Labute approximate surface area is 507 Å². The molecule has 0 fully saturated rings. The zero-order valence-corrected chi connectivity index (χ0v) is 43.0. The number of hydrogen-bond acceptors (Lipinski definition) is 0. The molecule has 0 aliphatic rings. The quantitative estimate of drug-likeness (QED) is 0.243. The van der Waals surface area contributed by atoms with Crippen LogP contribution in [0.3, 0.4) is 0 Å². The number of hydrogen-bond donors (Lipinski definition) is 0.